The first kappa shape index (κ1) is 70.4. The number of nitrogens with two attached hydrogens (primary N) is 1. The van der Waals surface area contributed by atoms with Crippen molar-refractivity contribution < 1.29 is 72.9 Å². The molecule has 0 aromatic heterocycles. The second-order valence-electron chi connectivity index (χ2n) is 21.9. The van der Waals surface area contributed by atoms with Gasteiger partial charge in [0.05, 0.1) is 13.1 Å². The molecule has 0 bridgehead atoms. The number of carbonyl (C=O) groups is 12. The molecule has 0 saturated heterocycles. The van der Waals surface area contributed by atoms with Crippen LogP contribution in [0.4, 0.5) is 0 Å². The second kappa shape index (κ2) is 35.4. The number of carboxylic acids is 2. The van der Waals surface area contributed by atoms with Crippen LogP contribution in [0.15, 0.2) is 102 Å². The number of aliphatic carboxylic acids is 2. The average Bonchev–Trinajstić information content (AvgIpc) is 2.07. The van der Waals surface area contributed by atoms with E-state index in [1.165, 1.54) is 24.3 Å². The van der Waals surface area contributed by atoms with E-state index in [9.17, 15) is 72.9 Å². The Bertz CT molecular complexity index is 3050. The van der Waals surface area contributed by atoms with E-state index in [2.05, 4.69) is 47.9 Å². The first-order valence-corrected chi connectivity index (χ1v) is 29.4. The quantitative estimate of drug-likeness (QED) is 0.0229. The van der Waals surface area contributed by atoms with Crippen LogP contribution in [-0.4, -0.2) is 147 Å². The number of aromatic hydroxyl groups is 1. The Morgan fingerprint density at radius 3 is 1.67 bits per heavy atom. The van der Waals surface area contributed by atoms with E-state index in [1.807, 2.05) is 36.4 Å². The number of hydrogen-bond acceptors (Lipinski definition) is 14. The highest BCUT2D eigenvalue weighted by molar-refractivity contribution is 8.00. The van der Waals surface area contributed by atoms with Crippen LogP contribution in [0, 0.1) is 17.8 Å². The smallest absolute Gasteiger partial charge is 0.317 e. The molecule has 7 atom stereocenters. The van der Waals surface area contributed by atoms with Gasteiger partial charge in [-0.3, -0.25) is 57.5 Å². The summed E-state index contributed by atoms with van der Waals surface area (Å²) in [4.78, 5) is 160. The number of benzene rings is 4. The van der Waals surface area contributed by atoms with Gasteiger partial charge in [0.15, 0.2) is 0 Å². The van der Waals surface area contributed by atoms with E-state index in [0.29, 0.717) is 16.0 Å². The number of thioether (sulfide) groups is 1. The summed E-state index contributed by atoms with van der Waals surface area (Å²) in [5.41, 5.74) is 6.15. The largest absolute Gasteiger partial charge is 0.508 e. The summed E-state index contributed by atoms with van der Waals surface area (Å²) in [7, 11) is 0. The minimum atomic E-state index is -1.69. The van der Waals surface area contributed by atoms with Crippen LogP contribution >= 0.6 is 11.8 Å². The van der Waals surface area contributed by atoms with E-state index in [1.54, 1.807) is 77.9 Å². The summed E-state index contributed by atoms with van der Waals surface area (Å²) in [6, 6.07) is 18.3. The lowest BCUT2D eigenvalue weighted by Gasteiger charge is -2.28. The molecule has 0 unspecified atom stereocenters. The van der Waals surface area contributed by atoms with Gasteiger partial charge in [-0.25, -0.2) is 0 Å². The molecule has 4 aromatic carbocycles. The molecule has 14 N–H and O–H groups in total. The lowest BCUT2D eigenvalue weighted by Crippen LogP contribution is -2.60. The van der Waals surface area contributed by atoms with Gasteiger partial charge in [-0.05, 0) is 103 Å². The van der Waals surface area contributed by atoms with Crippen molar-refractivity contribution in [3.8, 4) is 5.75 Å². The molecule has 4 rings (SSSR count). The molecule has 0 saturated carbocycles. The molecule has 0 aliphatic heterocycles. The number of carboxylic acid groups (broad SMARTS) is 2. The molecule has 0 radical (unpaired) electrons. The Morgan fingerprint density at radius 2 is 1.08 bits per heavy atom. The topological polar surface area (TPSA) is 400 Å². The molecular formula is C61H80N10O15S. The molecule has 4 aromatic rings. The van der Waals surface area contributed by atoms with Crippen molar-refractivity contribution in [1.82, 2.24) is 47.9 Å². The first-order valence-electron chi connectivity index (χ1n) is 28.6. The Morgan fingerprint density at radius 1 is 0.529 bits per heavy atom. The Balaban J connectivity index is 1.57. The van der Waals surface area contributed by atoms with Crippen molar-refractivity contribution in [1.29, 1.82) is 0 Å². The molecule has 0 heterocycles. The van der Waals surface area contributed by atoms with Gasteiger partial charge >= 0.3 is 11.9 Å². The highest BCUT2D eigenvalue weighted by atomic mass is 32.2. The molecule has 26 heteroatoms. The zero-order valence-electron chi connectivity index (χ0n) is 49.5. The van der Waals surface area contributed by atoms with E-state index < -0.39 is 150 Å². The minimum absolute atomic E-state index is 0.00237. The first-order chi connectivity index (χ1) is 41.2. The third-order valence-corrected chi connectivity index (χ3v) is 14.8. The van der Waals surface area contributed by atoms with Gasteiger partial charge < -0.3 is 68.9 Å². The number of nitrogens with one attached hydrogen (secondary N) is 9. The number of primary amides is 1. The molecule has 10 amide bonds. The lowest BCUT2D eigenvalue weighted by atomic mass is 9.99. The Labute approximate surface area is 508 Å². The van der Waals surface area contributed by atoms with Gasteiger partial charge in [-0.15, -0.1) is 11.8 Å². The third kappa shape index (κ3) is 24.8. The van der Waals surface area contributed by atoms with E-state index in [0.717, 1.165) is 22.5 Å². The highest BCUT2D eigenvalue weighted by Crippen LogP contribution is 2.29. The molecule has 0 aliphatic rings. The summed E-state index contributed by atoms with van der Waals surface area (Å²) >= 11 is 1.02. The maximum atomic E-state index is 14.6. The number of amides is 10. The molecule has 87 heavy (non-hydrogen) atoms. The van der Waals surface area contributed by atoms with Crippen LogP contribution in [0.5, 0.6) is 5.75 Å². The number of hydrogen-bond donors (Lipinski definition) is 13. The van der Waals surface area contributed by atoms with E-state index in [4.69, 9.17) is 5.73 Å². The van der Waals surface area contributed by atoms with E-state index in [-0.39, 0.29) is 56.7 Å². The van der Waals surface area contributed by atoms with Gasteiger partial charge in [-0.1, -0.05) is 102 Å². The van der Waals surface area contributed by atoms with Crippen LogP contribution in [0.2, 0.25) is 0 Å². The molecular weight excluding hydrogens is 1140 g/mol. The van der Waals surface area contributed by atoms with Crippen molar-refractivity contribution in [2.75, 3.05) is 19.6 Å². The normalized spacial score (nSPS) is 13.5. The van der Waals surface area contributed by atoms with Crippen LogP contribution in [0.1, 0.15) is 102 Å². The predicted molar refractivity (Wildman–Crippen MR) is 323 cm³/mol. The van der Waals surface area contributed by atoms with Crippen LogP contribution < -0.4 is 53.6 Å². The fraction of sp³-hybridized carbons (Fsp3) is 0.443. The van der Waals surface area contributed by atoms with Crippen molar-refractivity contribution >= 4 is 93.5 Å². The zero-order valence-corrected chi connectivity index (χ0v) is 50.3. The summed E-state index contributed by atoms with van der Waals surface area (Å²) in [6.45, 7) is 8.96. The molecule has 0 spiro atoms. The van der Waals surface area contributed by atoms with Gasteiger partial charge in [0.2, 0.25) is 53.2 Å². The predicted octanol–water partition coefficient (Wildman–Crippen LogP) is 2.17. The molecule has 0 fully saturated rings. The van der Waals surface area contributed by atoms with E-state index >= 15 is 0 Å². The van der Waals surface area contributed by atoms with Gasteiger partial charge in [0.1, 0.15) is 47.3 Å². The summed E-state index contributed by atoms with van der Waals surface area (Å²) < 4.78 is 0. The van der Waals surface area contributed by atoms with Crippen LogP contribution in [0.3, 0.4) is 0 Å². The van der Waals surface area contributed by atoms with Crippen molar-refractivity contribution in [3.05, 3.63) is 108 Å². The van der Waals surface area contributed by atoms with Crippen LogP contribution in [-0.2, 0) is 59.2 Å². The van der Waals surface area contributed by atoms with Crippen molar-refractivity contribution in [3.63, 3.8) is 0 Å². The SMILES string of the molecule is CC(C)C[C@H](NC(=O)[C@@H](NC(=O)CNC(=O)c1ccccc1)C(C)C)C(=O)N[C@@H](CCCCNC(=O)C[C@@H](Sc1ccc2ccccc2c1)C(=O)O)C(=O)N[C@@H](CCC(=O)O)C(=O)N[C@@H](Cc1ccc(O)cc1)C(=O)NCC(=O)N[C@H](C(N)=O)C(C)C. The summed E-state index contributed by atoms with van der Waals surface area (Å²) in [5.74, 6) is -11.9. The monoisotopic (exact) mass is 1220 g/mol. The Hall–Kier alpha value is -9.07. The summed E-state index contributed by atoms with van der Waals surface area (Å²) in [6.07, 6.45) is -1.75. The maximum absolute atomic E-state index is 14.6. The second-order valence-corrected chi connectivity index (χ2v) is 23.2. The number of phenols is 1. The van der Waals surface area contributed by atoms with Crippen molar-refractivity contribution in [2.24, 2.45) is 23.5 Å². The lowest BCUT2D eigenvalue weighted by molar-refractivity contribution is -0.139. The number of phenolic OH excluding ortho intramolecular Hbond substituents is 1. The zero-order chi connectivity index (χ0) is 64.3. The standard InChI is InChI=1S/C61H80N10O15S/c1-34(2)28-45(69-60(84)53(36(5)6)71-50(75)32-64-55(79)39-15-8-7-9-16-39)59(83)66-43(18-12-13-27-63-48(73)31-47(61(85)86)87-42-24-21-38-14-10-11-17-40(38)30-42)57(81)67-44(25-26-51(76)77)58(82)68-46(29-37-19-22-41(72)23-20-37)56(80)65-33-49(74)70-52(35(3)4)54(62)78/h7-11,14-17,19-24,30,34-36,43-47,52-53,72H,12-13,18,25-29,31-33H2,1-6H3,(H2,62,78)(H,63,73)(H,64,79)(H,65,80)(H,66,83)(H,67,81)(H,68,82)(H,69,84)(H,70,74)(H,71,75)(H,76,77)(H,85,86)/t43-,44-,45-,46-,47+,52-,53-/m0/s1. The summed E-state index contributed by atoms with van der Waals surface area (Å²) in [5, 5.41) is 53.5. The fourth-order valence-corrected chi connectivity index (χ4v) is 9.89. The molecule has 25 nitrogen and oxygen atoms in total. The fourth-order valence-electron chi connectivity index (χ4n) is 8.88. The van der Waals surface area contributed by atoms with Gasteiger partial charge in [0, 0.05) is 36.3 Å². The molecule has 0 aliphatic carbocycles. The Kier molecular flexibility index (Phi) is 28.7. The highest BCUT2D eigenvalue weighted by Gasteiger charge is 2.35. The van der Waals surface area contributed by atoms with Gasteiger partial charge in [0.25, 0.3) is 5.91 Å². The maximum Gasteiger partial charge on any atom is 0.317 e. The van der Waals surface area contributed by atoms with Crippen LogP contribution in [0.25, 0.3) is 10.8 Å². The number of carbonyl (C=O) groups excluding carboxylic acids is 10. The average molecular weight is 1230 g/mol. The number of fused-ring (bicyclic) bond motifs is 1. The number of rotatable bonds is 36. The number of unbranched alkanes of at least 4 members (excludes halogenated alkanes) is 1. The minimum Gasteiger partial charge on any atom is -0.508 e. The molecule has 470 valence electrons. The third-order valence-electron chi connectivity index (χ3n) is 13.6. The van der Waals surface area contributed by atoms with Crippen molar-refractivity contribution in [2.45, 2.75) is 139 Å². The van der Waals surface area contributed by atoms with Gasteiger partial charge in [-0.2, -0.15) is 0 Å².